The third-order valence-corrected chi connectivity index (χ3v) is 0.902. The first-order valence-electron chi connectivity index (χ1n) is 2.32. The molecule has 0 aromatic rings. The molecule has 0 spiro atoms. The molecule has 0 aliphatic carbocycles. The lowest BCUT2D eigenvalue weighted by molar-refractivity contribution is 0.120. The van der Waals surface area contributed by atoms with Gasteiger partial charge < -0.3 is 15.3 Å². The number of aliphatic hydroxyl groups is 3. The van der Waals surface area contributed by atoms with E-state index in [4.69, 9.17) is 15.3 Å². The Morgan fingerprint density at radius 2 is 2.25 bits per heavy atom. The Kier molecular flexibility index (Phi) is 3.23. The Labute approximate surface area is 47.9 Å². The SMILES string of the molecule is C/C(=C\O)C(O)CO. The molecule has 1 atom stereocenters. The standard InChI is InChI=1S/C5H10O3/c1-4(2-6)5(8)3-7/h2,5-8H,3H2,1H3/b4-2+. The molecule has 0 bridgehead atoms. The molecular weight excluding hydrogens is 108 g/mol. The molecule has 0 radical (unpaired) electrons. The van der Waals surface area contributed by atoms with Gasteiger partial charge in [-0.15, -0.1) is 0 Å². The first-order chi connectivity index (χ1) is 3.72. The summed E-state index contributed by atoms with van der Waals surface area (Å²) in [6.07, 6.45) is -0.138. The summed E-state index contributed by atoms with van der Waals surface area (Å²) >= 11 is 0. The van der Waals surface area contributed by atoms with E-state index in [2.05, 4.69) is 0 Å². The van der Waals surface area contributed by atoms with Crippen molar-refractivity contribution in [3.05, 3.63) is 11.8 Å². The zero-order chi connectivity index (χ0) is 6.57. The summed E-state index contributed by atoms with van der Waals surface area (Å²) < 4.78 is 0. The summed E-state index contributed by atoms with van der Waals surface area (Å²) in [6.45, 7) is 1.18. The van der Waals surface area contributed by atoms with Crippen molar-refractivity contribution in [2.24, 2.45) is 0 Å². The van der Waals surface area contributed by atoms with Crippen LogP contribution in [0.3, 0.4) is 0 Å². The van der Waals surface area contributed by atoms with E-state index in [9.17, 15) is 0 Å². The Balaban J connectivity index is 3.63. The molecule has 0 rings (SSSR count). The van der Waals surface area contributed by atoms with Gasteiger partial charge in [0.25, 0.3) is 0 Å². The van der Waals surface area contributed by atoms with E-state index in [1.54, 1.807) is 0 Å². The number of hydrogen-bond acceptors (Lipinski definition) is 3. The summed E-state index contributed by atoms with van der Waals surface area (Å²) in [5.41, 5.74) is 0.368. The van der Waals surface area contributed by atoms with E-state index >= 15 is 0 Å². The van der Waals surface area contributed by atoms with Gasteiger partial charge in [0.05, 0.1) is 12.9 Å². The molecule has 0 heterocycles. The highest BCUT2D eigenvalue weighted by molar-refractivity contribution is 4.99. The third-order valence-electron chi connectivity index (χ3n) is 0.902. The third kappa shape index (κ3) is 1.95. The highest BCUT2D eigenvalue weighted by Gasteiger charge is 2.01. The lowest BCUT2D eigenvalue weighted by Gasteiger charge is -2.03. The van der Waals surface area contributed by atoms with E-state index in [1.165, 1.54) is 6.92 Å². The van der Waals surface area contributed by atoms with Crippen molar-refractivity contribution in [1.82, 2.24) is 0 Å². The van der Waals surface area contributed by atoms with Gasteiger partial charge in [-0.1, -0.05) is 0 Å². The first kappa shape index (κ1) is 7.46. The zero-order valence-electron chi connectivity index (χ0n) is 4.70. The van der Waals surface area contributed by atoms with Gasteiger partial charge in [0.15, 0.2) is 0 Å². The van der Waals surface area contributed by atoms with Gasteiger partial charge in [0.1, 0.15) is 6.10 Å². The Morgan fingerprint density at radius 1 is 1.75 bits per heavy atom. The van der Waals surface area contributed by atoms with Crippen molar-refractivity contribution in [1.29, 1.82) is 0 Å². The molecule has 3 N–H and O–H groups in total. The van der Waals surface area contributed by atoms with E-state index in [-0.39, 0.29) is 6.61 Å². The van der Waals surface area contributed by atoms with Crippen LogP contribution in [0.4, 0.5) is 0 Å². The Bertz CT molecular complexity index is 87.7. The van der Waals surface area contributed by atoms with Crippen LogP contribution >= 0.6 is 0 Å². The average molecular weight is 118 g/mol. The summed E-state index contributed by atoms with van der Waals surface area (Å²) in [5, 5.41) is 25.1. The van der Waals surface area contributed by atoms with Crippen molar-refractivity contribution in [2.75, 3.05) is 6.61 Å². The van der Waals surface area contributed by atoms with Gasteiger partial charge in [-0.3, -0.25) is 0 Å². The predicted octanol–water partition coefficient (Wildman–Crippen LogP) is -0.199. The molecule has 3 heteroatoms. The molecule has 48 valence electrons. The fraction of sp³-hybridized carbons (Fsp3) is 0.600. The predicted molar refractivity (Wildman–Crippen MR) is 29.5 cm³/mol. The van der Waals surface area contributed by atoms with E-state index in [0.717, 1.165) is 6.26 Å². The van der Waals surface area contributed by atoms with E-state index in [0.29, 0.717) is 5.57 Å². The molecule has 0 aromatic carbocycles. The quantitative estimate of drug-likeness (QED) is 0.440. The van der Waals surface area contributed by atoms with Crippen LogP contribution in [-0.2, 0) is 0 Å². The maximum atomic E-state index is 8.65. The highest BCUT2D eigenvalue weighted by atomic mass is 16.3. The molecule has 0 amide bonds. The van der Waals surface area contributed by atoms with Crippen LogP contribution in [0.25, 0.3) is 0 Å². The van der Waals surface area contributed by atoms with Crippen LogP contribution in [0.5, 0.6) is 0 Å². The number of hydrogen-bond donors (Lipinski definition) is 3. The van der Waals surface area contributed by atoms with Crippen molar-refractivity contribution in [3.8, 4) is 0 Å². The molecule has 0 saturated carbocycles. The largest absolute Gasteiger partial charge is 0.516 e. The molecule has 3 nitrogen and oxygen atoms in total. The van der Waals surface area contributed by atoms with Gasteiger partial charge in [0, 0.05) is 0 Å². The summed E-state index contributed by atoms with van der Waals surface area (Å²) in [4.78, 5) is 0. The zero-order valence-corrected chi connectivity index (χ0v) is 4.70. The van der Waals surface area contributed by atoms with Crippen molar-refractivity contribution in [2.45, 2.75) is 13.0 Å². The second-order valence-corrected chi connectivity index (χ2v) is 1.57. The van der Waals surface area contributed by atoms with Crippen LogP contribution in [0.15, 0.2) is 11.8 Å². The lowest BCUT2D eigenvalue weighted by atomic mass is 10.2. The fourth-order valence-electron chi connectivity index (χ4n) is 0.230. The van der Waals surface area contributed by atoms with Gasteiger partial charge in [-0.05, 0) is 12.5 Å². The van der Waals surface area contributed by atoms with E-state index < -0.39 is 6.10 Å². The van der Waals surface area contributed by atoms with Crippen LogP contribution in [0.1, 0.15) is 6.92 Å². The molecule has 0 aromatic heterocycles. The minimum Gasteiger partial charge on any atom is -0.516 e. The smallest absolute Gasteiger partial charge is 0.101 e. The maximum absolute atomic E-state index is 8.65. The molecule has 0 saturated heterocycles. The van der Waals surface area contributed by atoms with Crippen LogP contribution in [-0.4, -0.2) is 28.0 Å². The maximum Gasteiger partial charge on any atom is 0.101 e. The van der Waals surface area contributed by atoms with Crippen molar-refractivity contribution >= 4 is 0 Å². The van der Waals surface area contributed by atoms with Gasteiger partial charge in [0.2, 0.25) is 0 Å². The van der Waals surface area contributed by atoms with Gasteiger partial charge >= 0.3 is 0 Å². The molecule has 8 heavy (non-hydrogen) atoms. The molecule has 0 aliphatic heterocycles. The van der Waals surface area contributed by atoms with Crippen LogP contribution in [0.2, 0.25) is 0 Å². The number of rotatable bonds is 2. The molecule has 0 fully saturated rings. The topological polar surface area (TPSA) is 60.7 Å². The minimum atomic E-state index is -0.917. The summed E-state index contributed by atoms with van der Waals surface area (Å²) in [6, 6.07) is 0. The molecule has 0 aliphatic rings. The number of aliphatic hydroxyl groups excluding tert-OH is 3. The average Bonchev–Trinajstić information content (AvgIpc) is 1.84. The highest BCUT2D eigenvalue weighted by Crippen LogP contribution is 1.96. The summed E-state index contributed by atoms with van der Waals surface area (Å²) in [5.74, 6) is 0. The second kappa shape index (κ2) is 3.46. The van der Waals surface area contributed by atoms with Gasteiger partial charge in [-0.25, -0.2) is 0 Å². The fourth-order valence-corrected chi connectivity index (χ4v) is 0.230. The summed E-state index contributed by atoms with van der Waals surface area (Å²) in [7, 11) is 0. The van der Waals surface area contributed by atoms with Crippen LogP contribution < -0.4 is 0 Å². The van der Waals surface area contributed by atoms with Crippen molar-refractivity contribution in [3.63, 3.8) is 0 Å². The van der Waals surface area contributed by atoms with Crippen molar-refractivity contribution < 1.29 is 15.3 Å². The first-order valence-corrected chi connectivity index (χ1v) is 2.32. The minimum absolute atomic E-state index is 0.344. The molecule has 1 unspecified atom stereocenters. The van der Waals surface area contributed by atoms with Gasteiger partial charge in [-0.2, -0.15) is 0 Å². The Hall–Kier alpha value is -0.540. The molecular formula is C5H10O3. The van der Waals surface area contributed by atoms with Crippen LogP contribution in [0, 0.1) is 0 Å². The monoisotopic (exact) mass is 118 g/mol. The van der Waals surface area contributed by atoms with E-state index in [1.807, 2.05) is 0 Å². The lowest BCUT2D eigenvalue weighted by Crippen LogP contribution is -2.12. The normalized spacial score (nSPS) is 16.1. The second-order valence-electron chi connectivity index (χ2n) is 1.57. The Morgan fingerprint density at radius 3 is 2.38 bits per heavy atom.